The van der Waals surface area contributed by atoms with E-state index < -0.39 is 49.9 Å². The van der Waals surface area contributed by atoms with Crippen LogP contribution in [0.5, 0.6) is 0 Å². The maximum Gasteiger partial charge on any atom is 0.311 e. The van der Waals surface area contributed by atoms with Crippen molar-refractivity contribution in [2.75, 3.05) is 0 Å². The van der Waals surface area contributed by atoms with Gasteiger partial charge in [-0.25, -0.2) is 4.39 Å². The van der Waals surface area contributed by atoms with E-state index in [4.69, 9.17) is 4.74 Å². The van der Waals surface area contributed by atoms with Crippen molar-refractivity contribution in [3.05, 3.63) is 39.7 Å². The van der Waals surface area contributed by atoms with Crippen molar-refractivity contribution in [1.82, 2.24) is 4.72 Å². The molecule has 1 aromatic carbocycles. The average Bonchev–Trinajstić information content (AvgIpc) is 2.51. The van der Waals surface area contributed by atoms with E-state index in [1.165, 1.54) is 13.8 Å². The molecule has 0 saturated carbocycles. The normalized spacial score (nSPS) is 16.8. The molecule has 0 amide bonds. The van der Waals surface area contributed by atoms with Crippen LogP contribution in [0.25, 0.3) is 0 Å². The van der Waals surface area contributed by atoms with Gasteiger partial charge in [0.05, 0.1) is 10.8 Å². The second-order valence-corrected chi connectivity index (χ2v) is 10.8. The van der Waals surface area contributed by atoms with Crippen LogP contribution in [0, 0.1) is 21.8 Å². The van der Waals surface area contributed by atoms with E-state index in [9.17, 15) is 23.9 Å². The number of hydrogen-bond donors (Lipinski definition) is 1. The molecule has 0 aliphatic rings. The SMILES string of the molecule is CC(C(=O)OC(C)(C)C)[C@](C)(N[S+]([O-])C(C)(C)C)c1cc([N+](=O)[O-])ccc1F. The average molecular weight is 417 g/mol. The van der Waals surface area contributed by atoms with Crippen LogP contribution in [0.2, 0.25) is 0 Å². The van der Waals surface area contributed by atoms with Crippen molar-refractivity contribution in [2.45, 2.75) is 71.3 Å². The summed E-state index contributed by atoms with van der Waals surface area (Å²) < 4.78 is 35.0. The number of ether oxygens (including phenoxy) is 1. The smallest absolute Gasteiger partial charge is 0.311 e. The number of halogens is 1. The Balaban J connectivity index is 3.54. The topological polar surface area (TPSA) is 105 Å². The second-order valence-electron chi connectivity index (χ2n) is 8.86. The number of esters is 1. The first-order chi connectivity index (χ1) is 12.5. The third-order valence-corrected chi connectivity index (χ3v) is 5.93. The number of nitro benzene ring substituents is 1. The van der Waals surface area contributed by atoms with Gasteiger partial charge in [-0.05, 0) is 61.5 Å². The third-order valence-electron chi connectivity index (χ3n) is 4.21. The van der Waals surface area contributed by atoms with Gasteiger partial charge in [0.15, 0.2) is 0 Å². The van der Waals surface area contributed by atoms with Crippen LogP contribution in [0.4, 0.5) is 10.1 Å². The third kappa shape index (κ3) is 5.89. The fourth-order valence-corrected chi connectivity index (χ4v) is 3.35. The molecule has 0 fully saturated rings. The van der Waals surface area contributed by atoms with Gasteiger partial charge in [0, 0.05) is 29.1 Å². The van der Waals surface area contributed by atoms with Crippen molar-refractivity contribution in [1.29, 1.82) is 0 Å². The largest absolute Gasteiger partial charge is 0.598 e. The number of carbonyl (C=O) groups excluding carboxylic acids is 1. The maximum atomic E-state index is 14.7. The van der Waals surface area contributed by atoms with E-state index in [-0.39, 0.29) is 11.3 Å². The summed E-state index contributed by atoms with van der Waals surface area (Å²) in [6.45, 7) is 13.3. The Kier molecular flexibility index (Phi) is 7.25. The molecular formula is C19H29FN2O5S. The molecule has 0 heterocycles. The van der Waals surface area contributed by atoms with Gasteiger partial charge in [0.2, 0.25) is 0 Å². The lowest BCUT2D eigenvalue weighted by Crippen LogP contribution is -2.55. The number of rotatable bonds is 6. The van der Waals surface area contributed by atoms with Crippen molar-refractivity contribution >= 4 is 23.0 Å². The summed E-state index contributed by atoms with van der Waals surface area (Å²) in [4.78, 5) is 23.2. The molecule has 158 valence electrons. The van der Waals surface area contributed by atoms with Crippen molar-refractivity contribution < 1.29 is 23.4 Å². The van der Waals surface area contributed by atoms with Crippen LogP contribution in [0.1, 0.15) is 61.0 Å². The highest BCUT2D eigenvalue weighted by atomic mass is 32.2. The zero-order valence-electron chi connectivity index (χ0n) is 17.6. The van der Waals surface area contributed by atoms with Crippen LogP contribution in [-0.2, 0) is 26.4 Å². The molecular weight excluding hydrogens is 387 g/mol. The fraction of sp³-hybridized carbons (Fsp3) is 0.632. The second kappa shape index (κ2) is 8.34. The Morgan fingerprint density at radius 3 is 2.18 bits per heavy atom. The summed E-state index contributed by atoms with van der Waals surface area (Å²) in [5.74, 6) is -2.38. The summed E-state index contributed by atoms with van der Waals surface area (Å²) in [7, 11) is 0. The number of benzene rings is 1. The number of hydrogen-bond acceptors (Lipinski definition) is 6. The number of nitrogens with one attached hydrogen (secondary N) is 1. The van der Waals surface area contributed by atoms with Gasteiger partial charge in [-0.2, -0.15) is 0 Å². The summed E-state index contributed by atoms with van der Waals surface area (Å²) in [5, 5.41) is 11.2. The molecule has 1 rings (SSSR count). The molecule has 0 bridgehead atoms. The van der Waals surface area contributed by atoms with Gasteiger partial charge in [0.1, 0.15) is 21.7 Å². The monoisotopic (exact) mass is 416 g/mol. The highest BCUT2D eigenvalue weighted by Gasteiger charge is 2.47. The minimum Gasteiger partial charge on any atom is -0.598 e. The molecule has 9 heteroatoms. The molecule has 1 aromatic rings. The highest BCUT2D eigenvalue weighted by Crippen LogP contribution is 2.37. The first-order valence-electron chi connectivity index (χ1n) is 8.86. The zero-order chi connectivity index (χ0) is 22.1. The molecule has 1 N–H and O–H groups in total. The van der Waals surface area contributed by atoms with E-state index in [2.05, 4.69) is 4.72 Å². The summed E-state index contributed by atoms with van der Waals surface area (Å²) >= 11 is -1.69. The Morgan fingerprint density at radius 2 is 1.75 bits per heavy atom. The standard InChI is InChI=1S/C19H29FN2O5S/c1-12(16(23)27-17(2,3)4)19(8,21-28(26)18(5,6)7)14-11-13(22(24)25)9-10-15(14)20/h9-12,21H,1-8H3/t12?,19-,28?/m0/s1. The Bertz CT molecular complexity index is 745. The van der Waals surface area contributed by atoms with Crippen LogP contribution >= 0.6 is 0 Å². The minimum absolute atomic E-state index is 0.127. The summed E-state index contributed by atoms with van der Waals surface area (Å²) in [6, 6.07) is 3.07. The first-order valence-corrected chi connectivity index (χ1v) is 10.0. The van der Waals surface area contributed by atoms with Crippen molar-refractivity contribution in [3.63, 3.8) is 0 Å². The first kappa shape index (κ1) is 24.3. The van der Waals surface area contributed by atoms with Gasteiger partial charge < -0.3 is 9.29 Å². The van der Waals surface area contributed by atoms with Crippen LogP contribution in [-0.4, -0.2) is 25.8 Å². The molecule has 0 aromatic heterocycles. The van der Waals surface area contributed by atoms with E-state index in [1.807, 2.05) is 0 Å². The number of nitrogens with zero attached hydrogens (tertiary/aromatic N) is 1. The van der Waals surface area contributed by atoms with Gasteiger partial charge in [-0.15, -0.1) is 4.72 Å². The van der Waals surface area contributed by atoms with E-state index in [0.717, 1.165) is 18.2 Å². The molecule has 7 nitrogen and oxygen atoms in total. The van der Waals surface area contributed by atoms with Crippen molar-refractivity contribution in [3.8, 4) is 0 Å². The van der Waals surface area contributed by atoms with Gasteiger partial charge in [-0.1, -0.05) is 0 Å². The summed E-state index contributed by atoms with van der Waals surface area (Å²) in [5.41, 5.74) is -2.76. The lowest BCUT2D eigenvalue weighted by atomic mass is 9.81. The Labute approximate surface area is 168 Å². The molecule has 0 aliphatic heterocycles. The van der Waals surface area contributed by atoms with Crippen LogP contribution in [0.15, 0.2) is 18.2 Å². The molecule has 2 unspecified atom stereocenters. The van der Waals surface area contributed by atoms with Gasteiger partial charge in [-0.3, -0.25) is 14.9 Å². The number of carbonyl (C=O) groups is 1. The lowest BCUT2D eigenvalue weighted by molar-refractivity contribution is -0.385. The molecule has 0 radical (unpaired) electrons. The quantitative estimate of drug-likeness (QED) is 0.325. The fourth-order valence-electron chi connectivity index (χ4n) is 2.37. The van der Waals surface area contributed by atoms with Crippen molar-refractivity contribution in [2.24, 2.45) is 5.92 Å². The van der Waals surface area contributed by atoms with Crippen LogP contribution < -0.4 is 4.72 Å². The van der Waals surface area contributed by atoms with E-state index >= 15 is 0 Å². The van der Waals surface area contributed by atoms with Crippen LogP contribution in [0.3, 0.4) is 0 Å². The summed E-state index contributed by atoms with van der Waals surface area (Å²) in [6.07, 6.45) is 0. The maximum absolute atomic E-state index is 14.7. The zero-order valence-corrected chi connectivity index (χ0v) is 18.4. The molecule has 0 spiro atoms. The Hall–Kier alpha value is -1.71. The molecule has 0 aliphatic carbocycles. The number of nitro groups is 1. The van der Waals surface area contributed by atoms with Gasteiger partial charge >= 0.3 is 5.97 Å². The van der Waals surface area contributed by atoms with E-state index in [0.29, 0.717) is 0 Å². The Morgan fingerprint density at radius 1 is 1.21 bits per heavy atom. The van der Waals surface area contributed by atoms with E-state index in [1.54, 1.807) is 41.5 Å². The molecule has 3 atom stereocenters. The predicted molar refractivity (Wildman–Crippen MR) is 106 cm³/mol. The minimum atomic E-state index is -1.69. The molecule has 28 heavy (non-hydrogen) atoms. The molecule has 0 saturated heterocycles. The lowest BCUT2D eigenvalue weighted by Gasteiger charge is -2.39. The number of non-ortho nitro benzene ring substituents is 1. The van der Waals surface area contributed by atoms with Gasteiger partial charge in [0.25, 0.3) is 5.69 Å². The predicted octanol–water partition coefficient (Wildman–Crippen LogP) is 3.98. The highest BCUT2D eigenvalue weighted by molar-refractivity contribution is 7.90.